The van der Waals surface area contributed by atoms with Gasteiger partial charge >= 0.3 is 21.3 Å². The lowest BCUT2D eigenvalue weighted by atomic mass is 10.0. The van der Waals surface area contributed by atoms with Crippen LogP contribution >= 0.6 is 10.3 Å². The minimum Gasteiger partial charge on any atom is -0.460 e. The molecule has 5 aromatic carbocycles. The van der Waals surface area contributed by atoms with Crippen LogP contribution in [0.15, 0.2) is 148 Å². The monoisotopic (exact) mass is 593 g/mol. The average Bonchev–Trinajstić information content (AvgIpc) is 3.01. The molecule has 210 valence electrons. The fraction of sp³-hybridized carbons (Fsp3) is 0.0938. The summed E-state index contributed by atoms with van der Waals surface area (Å²) in [4.78, 5) is 13.9. The van der Waals surface area contributed by atoms with Gasteiger partial charge in [-0.25, -0.2) is 4.79 Å². The van der Waals surface area contributed by atoms with Crippen LogP contribution in [0.5, 0.6) is 0 Å². The number of alkyl halides is 2. The number of hydrogen-bond donors (Lipinski definition) is 0. The van der Waals surface area contributed by atoms with Crippen LogP contribution in [0, 0.1) is 0 Å². The third kappa shape index (κ3) is 5.61. The topological polar surface area (TPSA) is 73.2 Å². The number of esters is 1. The normalized spacial score (nSPS) is 12.6. The summed E-state index contributed by atoms with van der Waals surface area (Å²) in [6.45, 7) is -0.425. The number of carbonyl (C=O) groups excluding carboxylic acids is 1. The lowest BCUT2D eigenvalue weighted by Gasteiger charge is -2.35. The quantitative estimate of drug-likeness (QED) is 0.0940. The van der Waals surface area contributed by atoms with Crippen LogP contribution in [0.2, 0.25) is 0 Å². The molecular formula is C32H27F2O5S2+. The van der Waals surface area contributed by atoms with Crippen LogP contribution in [0.3, 0.4) is 0 Å². The Bertz CT molecular complexity index is 1650. The molecule has 0 aromatic heterocycles. The zero-order chi connectivity index (χ0) is 28.9. The van der Waals surface area contributed by atoms with E-state index in [9.17, 15) is 13.2 Å². The molecule has 0 unspecified atom stereocenters. The molecule has 0 bridgehead atoms. The van der Waals surface area contributed by atoms with Crippen molar-refractivity contribution in [3.63, 3.8) is 0 Å². The first-order valence-electron chi connectivity index (χ1n) is 12.7. The molecule has 0 aliphatic carbocycles. The van der Waals surface area contributed by atoms with Gasteiger partial charge in [-0.3, -0.25) is 3.63 Å². The van der Waals surface area contributed by atoms with Gasteiger partial charge in [0, 0.05) is 6.42 Å². The number of rotatable bonds is 10. The molecule has 0 aliphatic rings. The Kier molecular flexibility index (Phi) is 8.21. The molecule has 5 aromatic rings. The molecule has 0 amide bonds. The van der Waals surface area contributed by atoms with Crippen molar-refractivity contribution in [3.8, 4) is 0 Å². The summed E-state index contributed by atoms with van der Waals surface area (Å²) in [7, 11) is -8.88. The minimum atomic E-state index is -5.74. The van der Waals surface area contributed by atoms with Gasteiger partial charge in [0.1, 0.15) is 0 Å². The first-order chi connectivity index (χ1) is 19.8. The molecule has 0 radical (unpaired) electrons. The SMILES string of the molecule is O=C(OCCc1cccc2ccccc12)C(F)(F)S(=O)(=O)[OH+]S(c1ccccc1)(c1ccccc1)c1ccccc1. The van der Waals surface area contributed by atoms with E-state index < -0.39 is 38.3 Å². The molecule has 9 heteroatoms. The molecule has 0 fully saturated rings. The highest BCUT2D eigenvalue weighted by Gasteiger charge is 2.63. The second-order valence-corrected chi connectivity index (χ2v) is 13.7. The van der Waals surface area contributed by atoms with Crippen molar-refractivity contribution in [2.75, 3.05) is 6.61 Å². The van der Waals surface area contributed by atoms with Crippen LogP contribution in [0.4, 0.5) is 8.78 Å². The molecule has 0 aliphatic heterocycles. The van der Waals surface area contributed by atoms with Crippen LogP contribution in [-0.4, -0.2) is 29.9 Å². The molecule has 0 saturated carbocycles. The first-order valence-corrected chi connectivity index (χ1v) is 15.8. The predicted octanol–water partition coefficient (Wildman–Crippen LogP) is 7.84. The van der Waals surface area contributed by atoms with E-state index in [1.165, 1.54) is 0 Å². The largest absolute Gasteiger partial charge is 0.514 e. The van der Waals surface area contributed by atoms with Crippen LogP contribution in [0.1, 0.15) is 5.56 Å². The maximum Gasteiger partial charge on any atom is 0.514 e. The third-order valence-electron chi connectivity index (χ3n) is 6.51. The minimum absolute atomic E-state index is 0.133. The lowest BCUT2D eigenvalue weighted by Crippen LogP contribution is -2.42. The zero-order valence-electron chi connectivity index (χ0n) is 21.8. The molecule has 0 heterocycles. The maximum atomic E-state index is 15.5. The summed E-state index contributed by atoms with van der Waals surface area (Å²) in [5.74, 6) is -2.16. The standard InChI is InChI=1S/C32H26F2O5S2/c33-32(34,31(35)38-24-23-26-15-12-14-25-13-10-11-22-30(25)26)41(36,37)39-40(27-16-4-1-5-17-27,28-18-6-2-7-19-28)29-20-8-3-9-21-29/h1-22H,23-24H2/p+1. The highest BCUT2D eigenvalue weighted by molar-refractivity contribution is 8.32. The molecule has 5 rings (SSSR count). The Morgan fingerprint density at radius 3 is 1.66 bits per heavy atom. The number of carbonyl (C=O) groups is 1. The van der Waals surface area contributed by atoms with Crippen molar-refractivity contribution in [1.82, 2.24) is 0 Å². The fourth-order valence-corrected chi connectivity index (χ4v) is 9.86. The van der Waals surface area contributed by atoms with Gasteiger partial charge in [0.2, 0.25) is 0 Å². The van der Waals surface area contributed by atoms with Gasteiger partial charge in [-0.1, -0.05) is 97.1 Å². The molecule has 5 nitrogen and oxygen atoms in total. The Morgan fingerprint density at radius 2 is 1.12 bits per heavy atom. The van der Waals surface area contributed by atoms with E-state index in [0.29, 0.717) is 14.7 Å². The second-order valence-electron chi connectivity index (χ2n) is 9.11. The van der Waals surface area contributed by atoms with Gasteiger partial charge in [-0.15, -0.1) is 8.42 Å². The van der Waals surface area contributed by atoms with E-state index in [1.807, 2.05) is 36.4 Å². The van der Waals surface area contributed by atoms with Crippen LogP contribution < -0.4 is 0 Å². The third-order valence-corrected chi connectivity index (χ3v) is 11.9. The Morgan fingerprint density at radius 1 is 0.659 bits per heavy atom. The summed E-state index contributed by atoms with van der Waals surface area (Å²) >= 11 is 0. The summed E-state index contributed by atoms with van der Waals surface area (Å²) < 4.78 is 66.7. The van der Waals surface area contributed by atoms with Gasteiger partial charge in [0.25, 0.3) is 0 Å². The Balaban J connectivity index is 1.47. The maximum absolute atomic E-state index is 15.5. The second kappa shape index (κ2) is 11.8. The molecule has 0 saturated heterocycles. The average molecular weight is 594 g/mol. The van der Waals surface area contributed by atoms with Gasteiger partial charge in [-0.2, -0.15) is 8.78 Å². The first kappa shape index (κ1) is 28.5. The van der Waals surface area contributed by atoms with E-state index >= 15 is 8.78 Å². The fourth-order valence-electron chi connectivity index (χ4n) is 4.54. The number of benzene rings is 5. The Labute approximate surface area is 239 Å². The number of hydrogen-bond acceptors (Lipinski definition) is 4. The van der Waals surface area contributed by atoms with Crippen molar-refractivity contribution >= 4 is 37.2 Å². The lowest BCUT2D eigenvalue weighted by molar-refractivity contribution is -0.161. The number of ether oxygens (including phenoxy) is 1. The Hall–Kier alpha value is -4.05. The molecular weight excluding hydrogens is 566 g/mol. The molecule has 0 atom stereocenters. The molecule has 41 heavy (non-hydrogen) atoms. The van der Waals surface area contributed by atoms with Crippen molar-refractivity contribution in [2.24, 2.45) is 0 Å². The summed E-state index contributed by atoms with van der Waals surface area (Å²) in [5.41, 5.74) is 0.785. The summed E-state index contributed by atoms with van der Waals surface area (Å²) in [6, 6.07) is 38.3. The van der Waals surface area contributed by atoms with Crippen LogP contribution in [-0.2, 0) is 26.1 Å². The van der Waals surface area contributed by atoms with Crippen molar-refractivity contribution in [2.45, 2.75) is 26.4 Å². The number of fused-ring (bicyclic) bond motifs is 1. The molecule has 0 spiro atoms. The summed E-state index contributed by atoms with van der Waals surface area (Å²) in [5, 5.41) is -3.07. The van der Waals surface area contributed by atoms with E-state index in [1.54, 1.807) is 97.1 Å². The van der Waals surface area contributed by atoms with Crippen molar-refractivity contribution < 1.29 is 30.4 Å². The van der Waals surface area contributed by atoms with Gasteiger partial charge < -0.3 is 4.74 Å². The van der Waals surface area contributed by atoms with E-state index in [0.717, 1.165) is 16.3 Å². The van der Waals surface area contributed by atoms with Crippen molar-refractivity contribution in [3.05, 3.63) is 139 Å². The predicted molar refractivity (Wildman–Crippen MR) is 157 cm³/mol. The highest BCUT2D eigenvalue weighted by Crippen LogP contribution is 2.68. The van der Waals surface area contributed by atoms with Gasteiger partial charge in [-0.05, 0) is 52.7 Å². The van der Waals surface area contributed by atoms with Gasteiger partial charge in [0.05, 0.1) is 31.6 Å². The van der Waals surface area contributed by atoms with Crippen molar-refractivity contribution in [1.29, 1.82) is 0 Å². The van der Waals surface area contributed by atoms with Gasteiger partial charge in [0.15, 0.2) is 0 Å². The molecule has 1 N–H and O–H groups in total. The van der Waals surface area contributed by atoms with Crippen LogP contribution in [0.25, 0.3) is 10.8 Å². The number of halogens is 2. The van der Waals surface area contributed by atoms with E-state index in [4.69, 9.17) is 4.74 Å². The van der Waals surface area contributed by atoms with E-state index in [2.05, 4.69) is 3.63 Å². The smallest absolute Gasteiger partial charge is 0.460 e. The highest BCUT2D eigenvalue weighted by atomic mass is 32.3. The summed E-state index contributed by atoms with van der Waals surface area (Å²) in [6.07, 6.45) is 0.133. The zero-order valence-corrected chi connectivity index (χ0v) is 23.4. The van der Waals surface area contributed by atoms with E-state index in [-0.39, 0.29) is 6.42 Å².